The predicted octanol–water partition coefficient (Wildman–Crippen LogP) is 3.78. The van der Waals surface area contributed by atoms with Gasteiger partial charge < -0.3 is 10.1 Å². The third-order valence-corrected chi connectivity index (χ3v) is 4.15. The molecule has 114 valence electrons. The minimum absolute atomic E-state index is 0.250. The number of hydrogen-bond donors (Lipinski definition) is 1. The van der Waals surface area contributed by atoms with Gasteiger partial charge >= 0.3 is 0 Å². The molecule has 0 bridgehead atoms. The molecule has 3 aromatic rings. The summed E-state index contributed by atoms with van der Waals surface area (Å²) in [5.74, 6) is 0.538. The van der Waals surface area contributed by atoms with Gasteiger partial charge in [0, 0.05) is 10.2 Å². The Morgan fingerprint density at radius 2 is 2.09 bits per heavy atom. The normalized spacial score (nSPS) is 12.0. The van der Waals surface area contributed by atoms with E-state index in [1.54, 1.807) is 6.33 Å². The Labute approximate surface area is 141 Å². The highest BCUT2D eigenvalue weighted by molar-refractivity contribution is 9.10. The standard InChI is InChI=1S/C17H12BrN3O2/c18-11-4-3-5-12(8-11)20-17(22)16-14-9-23-15-7-2-1-6-13(15)21(14)10-19-16/h1-8,10H,9H2,(H,20,22). The molecule has 6 heteroatoms. The maximum Gasteiger partial charge on any atom is 0.276 e. The fourth-order valence-corrected chi connectivity index (χ4v) is 2.99. The van der Waals surface area contributed by atoms with Crippen molar-refractivity contribution < 1.29 is 9.53 Å². The third kappa shape index (κ3) is 2.51. The summed E-state index contributed by atoms with van der Waals surface area (Å²) >= 11 is 3.39. The highest BCUT2D eigenvalue weighted by atomic mass is 79.9. The molecule has 0 unspecified atom stereocenters. The lowest BCUT2D eigenvalue weighted by Gasteiger charge is -2.20. The van der Waals surface area contributed by atoms with E-state index in [1.807, 2.05) is 53.1 Å². The number of carbonyl (C=O) groups excluding carboxylic acids is 1. The van der Waals surface area contributed by atoms with E-state index in [-0.39, 0.29) is 5.91 Å². The molecule has 1 aliphatic rings. The molecule has 0 spiro atoms. The van der Waals surface area contributed by atoms with Crippen molar-refractivity contribution in [3.8, 4) is 11.4 Å². The molecule has 1 N–H and O–H groups in total. The van der Waals surface area contributed by atoms with Crippen molar-refractivity contribution in [1.82, 2.24) is 9.55 Å². The number of nitrogens with one attached hydrogen (secondary N) is 1. The summed E-state index contributed by atoms with van der Waals surface area (Å²) in [4.78, 5) is 16.8. The van der Waals surface area contributed by atoms with Crippen LogP contribution in [0.1, 0.15) is 16.2 Å². The van der Waals surface area contributed by atoms with E-state index in [0.717, 1.165) is 21.6 Å². The summed E-state index contributed by atoms with van der Waals surface area (Å²) in [6.45, 7) is 0.318. The van der Waals surface area contributed by atoms with Crippen LogP contribution in [0.2, 0.25) is 0 Å². The number of hydrogen-bond acceptors (Lipinski definition) is 3. The number of fused-ring (bicyclic) bond motifs is 3. The topological polar surface area (TPSA) is 56.2 Å². The van der Waals surface area contributed by atoms with Crippen LogP contribution in [-0.2, 0) is 6.61 Å². The van der Waals surface area contributed by atoms with Crippen LogP contribution >= 0.6 is 15.9 Å². The zero-order chi connectivity index (χ0) is 15.8. The zero-order valence-electron chi connectivity index (χ0n) is 12.0. The van der Waals surface area contributed by atoms with Crippen LogP contribution in [0.5, 0.6) is 5.75 Å². The molecule has 0 radical (unpaired) electrons. The highest BCUT2D eigenvalue weighted by Crippen LogP contribution is 2.30. The van der Waals surface area contributed by atoms with E-state index in [0.29, 0.717) is 18.0 Å². The molecule has 23 heavy (non-hydrogen) atoms. The van der Waals surface area contributed by atoms with E-state index in [4.69, 9.17) is 4.74 Å². The number of rotatable bonds is 2. The molecule has 1 aromatic heterocycles. The molecule has 0 saturated carbocycles. The van der Waals surface area contributed by atoms with Crippen molar-refractivity contribution in [2.75, 3.05) is 5.32 Å². The summed E-state index contributed by atoms with van der Waals surface area (Å²) in [7, 11) is 0. The van der Waals surface area contributed by atoms with Crippen LogP contribution in [0.4, 0.5) is 5.69 Å². The van der Waals surface area contributed by atoms with E-state index >= 15 is 0 Å². The van der Waals surface area contributed by atoms with Gasteiger partial charge in [-0.1, -0.05) is 34.1 Å². The number of para-hydroxylation sites is 2. The molecule has 4 rings (SSSR count). The first-order valence-electron chi connectivity index (χ1n) is 7.08. The highest BCUT2D eigenvalue weighted by Gasteiger charge is 2.24. The van der Waals surface area contributed by atoms with Crippen molar-refractivity contribution >= 4 is 27.5 Å². The minimum Gasteiger partial charge on any atom is -0.485 e. The second kappa shape index (κ2) is 5.55. The number of halogens is 1. The first-order valence-corrected chi connectivity index (χ1v) is 7.87. The van der Waals surface area contributed by atoms with Crippen molar-refractivity contribution in [2.24, 2.45) is 0 Å². The number of aromatic nitrogens is 2. The van der Waals surface area contributed by atoms with Gasteiger partial charge in [-0.05, 0) is 30.3 Å². The molecule has 1 amide bonds. The van der Waals surface area contributed by atoms with Crippen LogP contribution in [0.3, 0.4) is 0 Å². The molecule has 0 aliphatic carbocycles. The Morgan fingerprint density at radius 3 is 2.96 bits per heavy atom. The number of imidazole rings is 1. The Balaban J connectivity index is 1.67. The Morgan fingerprint density at radius 1 is 1.22 bits per heavy atom. The number of carbonyl (C=O) groups is 1. The molecule has 2 heterocycles. The van der Waals surface area contributed by atoms with Gasteiger partial charge in [0.05, 0.1) is 11.4 Å². The van der Waals surface area contributed by atoms with Crippen LogP contribution in [0, 0.1) is 0 Å². The number of benzene rings is 2. The van der Waals surface area contributed by atoms with Crippen LogP contribution in [-0.4, -0.2) is 15.5 Å². The number of nitrogens with zero attached hydrogens (tertiary/aromatic N) is 2. The number of amides is 1. The van der Waals surface area contributed by atoms with Gasteiger partial charge in [-0.2, -0.15) is 0 Å². The molecule has 0 fully saturated rings. The third-order valence-electron chi connectivity index (χ3n) is 3.65. The second-order valence-corrected chi connectivity index (χ2v) is 6.05. The summed E-state index contributed by atoms with van der Waals surface area (Å²) < 4.78 is 8.52. The smallest absolute Gasteiger partial charge is 0.276 e. The molecule has 2 aromatic carbocycles. The Hall–Kier alpha value is -2.60. The first kappa shape index (κ1) is 14.0. The SMILES string of the molecule is O=C(Nc1cccc(Br)c1)c1ncn2c1COc1ccccc1-2. The van der Waals surface area contributed by atoms with Crippen molar-refractivity contribution in [2.45, 2.75) is 6.61 Å². The molecular formula is C17H12BrN3O2. The Bertz CT molecular complexity index is 904. The average Bonchev–Trinajstić information content (AvgIpc) is 2.99. The van der Waals surface area contributed by atoms with Gasteiger partial charge in [-0.25, -0.2) is 4.98 Å². The molecule has 0 saturated heterocycles. The van der Waals surface area contributed by atoms with Crippen LogP contribution in [0.15, 0.2) is 59.3 Å². The van der Waals surface area contributed by atoms with E-state index in [9.17, 15) is 4.79 Å². The molecular weight excluding hydrogens is 358 g/mol. The molecule has 1 aliphatic heterocycles. The zero-order valence-corrected chi connectivity index (χ0v) is 13.6. The maximum absolute atomic E-state index is 12.5. The quantitative estimate of drug-likeness (QED) is 0.747. The monoisotopic (exact) mass is 369 g/mol. The lowest BCUT2D eigenvalue weighted by molar-refractivity contribution is 0.101. The van der Waals surface area contributed by atoms with Gasteiger partial charge in [0.2, 0.25) is 0 Å². The number of anilines is 1. The maximum atomic E-state index is 12.5. The van der Waals surface area contributed by atoms with Gasteiger partial charge in [0.15, 0.2) is 5.69 Å². The van der Waals surface area contributed by atoms with Crippen LogP contribution in [0.25, 0.3) is 5.69 Å². The van der Waals surface area contributed by atoms with Gasteiger partial charge in [-0.3, -0.25) is 9.36 Å². The fraction of sp³-hybridized carbons (Fsp3) is 0.0588. The van der Waals surface area contributed by atoms with Gasteiger partial charge in [-0.15, -0.1) is 0 Å². The molecule has 0 atom stereocenters. The van der Waals surface area contributed by atoms with Crippen LogP contribution < -0.4 is 10.1 Å². The van der Waals surface area contributed by atoms with E-state index in [1.165, 1.54) is 0 Å². The van der Waals surface area contributed by atoms with Crippen molar-refractivity contribution in [3.05, 3.63) is 70.7 Å². The average molecular weight is 370 g/mol. The largest absolute Gasteiger partial charge is 0.485 e. The predicted molar refractivity (Wildman–Crippen MR) is 90.0 cm³/mol. The number of ether oxygens (including phenoxy) is 1. The summed E-state index contributed by atoms with van der Waals surface area (Å²) in [6, 6.07) is 15.1. The summed E-state index contributed by atoms with van der Waals surface area (Å²) in [5, 5.41) is 2.86. The summed E-state index contributed by atoms with van der Waals surface area (Å²) in [5.41, 5.74) is 2.72. The lowest BCUT2D eigenvalue weighted by atomic mass is 10.2. The minimum atomic E-state index is -0.250. The fourth-order valence-electron chi connectivity index (χ4n) is 2.59. The van der Waals surface area contributed by atoms with E-state index in [2.05, 4.69) is 26.2 Å². The van der Waals surface area contributed by atoms with E-state index < -0.39 is 0 Å². The second-order valence-electron chi connectivity index (χ2n) is 5.13. The summed E-state index contributed by atoms with van der Waals surface area (Å²) in [6.07, 6.45) is 1.66. The van der Waals surface area contributed by atoms with Gasteiger partial charge in [0.25, 0.3) is 5.91 Å². The molecule has 5 nitrogen and oxygen atoms in total. The lowest BCUT2D eigenvalue weighted by Crippen LogP contribution is -2.19. The Kier molecular flexibility index (Phi) is 3.38. The van der Waals surface area contributed by atoms with Crippen molar-refractivity contribution in [1.29, 1.82) is 0 Å². The van der Waals surface area contributed by atoms with Gasteiger partial charge in [0.1, 0.15) is 18.7 Å². The first-order chi connectivity index (χ1) is 11.2. The van der Waals surface area contributed by atoms with Crippen molar-refractivity contribution in [3.63, 3.8) is 0 Å².